The van der Waals surface area contributed by atoms with Crippen LogP contribution in [0.2, 0.25) is 0 Å². The number of aromatic nitrogens is 3. The van der Waals surface area contributed by atoms with Crippen molar-refractivity contribution in [1.82, 2.24) is 15.0 Å². The number of aryl methyl sites for hydroxylation is 1. The number of benzene rings is 2. The van der Waals surface area contributed by atoms with Crippen molar-refractivity contribution in [3.63, 3.8) is 0 Å². The number of nitrogens with zero attached hydrogens (tertiary/aromatic N) is 3. The first-order valence-electron chi connectivity index (χ1n) is 7.02. The lowest BCUT2D eigenvalue weighted by Gasteiger charge is -2.12. The van der Waals surface area contributed by atoms with Crippen molar-refractivity contribution in [3.8, 4) is 0 Å². The highest BCUT2D eigenvalue weighted by molar-refractivity contribution is 5.52. The molecule has 0 radical (unpaired) electrons. The number of hydrogen-bond acceptors (Lipinski definition) is 3. The van der Waals surface area contributed by atoms with Crippen LogP contribution >= 0.6 is 0 Å². The number of hydrogen-bond donors (Lipinski definition) is 1. The van der Waals surface area contributed by atoms with E-state index >= 15 is 0 Å². The Bertz CT molecular complexity index is 704. The zero-order chi connectivity index (χ0) is 14.5. The van der Waals surface area contributed by atoms with Gasteiger partial charge in [0.2, 0.25) is 0 Å². The van der Waals surface area contributed by atoms with Crippen LogP contribution in [0.5, 0.6) is 0 Å². The van der Waals surface area contributed by atoms with Gasteiger partial charge in [0.15, 0.2) is 0 Å². The summed E-state index contributed by atoms with van der Waals surface area (Å²) < 4.78 is 1.78. The molecule has 3 rings (SSSR count). The second-order valence-electron chi connectivity index (χ2n) is 5.02. The summed E-state index contributed by atoms with van der Waals surface area (Å²) in [5.41, 5.74) is 4.82. The van der Waals surface area contributed by atoms with Crippen LogP contribution in [0.1, 0.15) is 16.8 Å². The molecule has 0 amide bonds. The summed E-state index contributed by atoms with van der Waals surface area (Å²) in [5, 5.41) is 11.3. The Balaban J connectivity index is 1.75. The maximum absolute atomic E-state index is 3.95. The monoisotopic (exact) mass is 278 g/mol. The van der Waals surface area contributed by atoms with Gasteiger partial charge in [-0.2, -0.15) is 0 Å². The number of anilines is 1. The van der Waals surface area contributed by atoms with E-state index in [1.807, 2.05) is 13.1 Å². The van der Waals surface area contributed by atoms with E-state index in [1.54, 1.807) is 10.9 Å². The Morgan fingerprint density at radius 3 is 2.52 bits per heavy atom. The van der Waals surface area contributed by atoms with Crippen LogP contribution in [0.25, 0.3) is 0 Å². The second kappa shape index (κ2) is 6.22. The molecule has 0 saturated heterocycles. The maximum atomic E-state index is 3.95. The van der Waals surface area contributed by atoms with Gasteiger partial charge in [-0.15, -0.1) is 5.10 Å². The Labute approximate surface area is 124 Å². The first-order valence-corrected chi connectivity index (χ1v) is 7.02. The SMILES string of the molecule is Cn1nncc1CNc1ccccc1Cc1ccccc1. The molecule has 0 bridgehead atoms. The van der Waals surface area contributed by atoms with Gasteiger partial charge in [-0.3, -0.25) is 4.68 Å². The predicted molar refractivity (Wildman–Crippen MR) is 84.0 cm³/mol. The quantitative estimate of drug-likeness (QED) is 0.780. The molecule has 1 N–H and O–H groups in total. The average molecular weight is 278 g/mol. The van der Waals surface area contributed by atoms with Crippen molar-refractivity contribution < 1.29 is 0 Å². The second-order valence-corrected chi connectivity index (χ2v) is 5.02. The minimum absolute atomic E-state index is 0.718. The van der Waals surface area contributed by atoms with Crippen LogP contribution in [0.3, 0.4) is 0 Å². The summed E-state index contributed by atoms with van der Waals surface area (Å²) in [5.74, 6) is 0. The highest BCUT2D eigenvalue weighted by atomic mass is 15.4. The highest BCUT2D eigenvalue weighted by Gasteiger charge is 2.04. The smallest absolute Gasteiger partial charge is 0.0774 e. The molecule has 0 spiro atoms. The van der Waals surface area contributed by atoms with Crippen LogP contribution in [0.4, 0.5) is 5.69 Å². The molecule has 0 aliphatic carbocycles. The van der Waals surface area contributed by atoms with Crippen molar-refractivity contribution in [1.29, 1.82) is 0 Å². The van der Waals surface area contributed by atoms with E-state index in [9.17, 15) is 0 Å². The number of nitrogens with one attached hydrogen (secondary N) is 1. The molecule has 2 aromatic carbocycles. The zero-order valence-electron chi connectivity index (χ0n) is 12.0. The molecule has 0 saturated carbocycles. The molecular formula is C17H18N4. The lowest BCUT2D eigenvalue weighted by atomic mass is 10.0. The molecular weight excluding hydrogens is 260 g/mol. The molecule has 0 fully saturated rings. The molecule has 4 heteroatoms. The van der Waals surface area contributed by atoms with Crippen molar-refractivity contribution in [2.24, 2.45) is 7.05 Å². The number of rotatable bonds is 5. The van der Waals surface area contributed by atoms with Gasteiger partial charge in [-0.25, -0.2) is 0 Å². The van der Waals surface area contributed by atoms with Gasteiger partial charge in [0.25, 0.3) is 0 Å². The summed E-state index contributed by atoms with van der Waals surface area (Å²) in [4.78, 5) is 0. The first-order chi connectivity index (χ1) is 10.3. The molecule has 0 aliphatic heterocycles. The normalized spacial score (nSPS) is 10.5. The summed E-state index contributed by atoms with van der Waals surface area (Å²) in [6.07, 6.45) is 2.71. The van der Waals surface area contributed by atoms with Crippen molar-refractivity contribution in [2.45, 2.75) is 13.0 Å². The molecule has 0 aliphatic rings. The van der Waals surface area contributed by atoms with Crippen LogP contribution in [-0.2, 0) is 20.0 Å². The lowest BCUT2D eigenvalue weighted by Crippen LogP contribution is -2.07. The van der Waals surface area contributed by atoms with Gasteiger partial charge in [-0.1, -0.05) is 53.7 Å². The fourth-order valence-corrected chi connectivity index (χ4v) is 2.32. The van der Waals surface area contributed by atoms with E-state index in [0.29, 0.717) is 0 Å². The predicted octanol–water partition coefficient (Wildman–Crippen LogP) is 3.02. The third-order valence-electron chi connectivity index (χ3n) is 3.52. The Hall–Kier alpha value is -2.62. The first kappa shape index (κ1) is 13.4. The summed E-state index contributed by atoms with van der Waals surface area (Å²) in [7, 11) is 1.90. The maximum Gasteiger partial charge on any atom is 0.0774 e. The van der Waals surface area contributed by atoms with E-state index in [1.165, 1.54) is 11.1 Å². The molecule has 0 unspecified atom stereocenters. The standard InChI is InChI=1S/C17H18N4/c1-21-16(13-19-20-21)12-18-17-10-6-5-9-15(17)11-14-7-3-2-4-8-14/h2-10,13,18H,11-12H2,1H3. The third-order valence-corrected chi connectivity index (χ3v) is 3.52. The molecule has 106 valence electrons. The number of para-hydroxylation sites is 1. The minimum atomic E-state index is 0.718. The Morgan fingerprint density at radius 1 is 1.00 bits per heavy atom. The van der Waals surface area contributed by atoms with E-state index in [4.69, 9.17) is 0 Å². The van der Waals surface area contributed by atoms with Crippen molar-refractivity contribution in [3.05, 3.63) is 77.6 Å². The highest BCUT2D eigenvalue weighted by Crippen LogP contribution is 2.19. The molecule has 21 heavy (non-hydrogen) atoms. The summed E-state index contributed by atoms with van der Waals surface area (Å²) >= 11 is 0. The molecule has 3 aromatic rings. The van der Waals surface area contributed by atoms with Gasteiger partial charge in [0.1, 0.15) is 0 Å². The Kier molecular flexibility index (Phi) is 3.96. The van der Waals surface area contributed by atoms with Crippen LogP contribution in [0.15, 0.2) is 60.8 Å². The summed E-state index contributed by atoms with van der Waals surface area (Å²) in [6, 6.07) is 18.9. The minimum Gasteiger partial charge on any atom is -0.379 e. The molecule has 1 aromatic heterocycles. The van der Waals surface area contributed by atoms with Crippen LogP contribution < -0.4 is 5.32 Å². The third kappa shape index (κ3) is 3.28. The lowest BCUT2D eigenvalue weighted by molar-refractivity contribution is 0.683. The van der Waals surface area contributed by atoms with Gasteiger partial charge in [0.05, 0.1) is 18.4 Å². The zero-order valence-corrected chi connectivity index (χ0v) is 12.0. The largest absolute Gasteiger partial charge is 0.379 e. The fraction of sp³-hybridized carbons (Fsp3) is 0.176. The van der Waals surface area contributed by atoms with Gasteiger partial charge >= 0.3 is 0 Å². The van der Waals surface area contributed by atoms with E-state index in [2.05, 4.69) is 64.2 Å². The van der Waals surface area contributed by atoms with Crippen LogP contribution in [0, 0.1) is 0 Å². The Morgan fingerprint density at radius 2 is 1.76 bits per heavy atom. The topological polar surface area (TPSA) is 42.7 Å². The average Bonchev–Trinajstić information content (AvgIpc) is 2.93. The van der Waals surface area contributed by atoms with Crippen molar-refractivity contribution in [2.75, 3.05) is 5.32 Å². The summed E-state index contributed by atoms with van der Waals surface area (Å²) in [6.45, 7) is 0.718. The van der Waals surface area contributed by atoms with Crippen LogP contribution in [-0.4, -0.2) is 15.0 Å². The molecule has 0 atom stereocenters. The van der Waals surface area contributed by atoms with E-state index in [0.717, 1.165) is 24.3 Å². The van der Waals surface area contributed by atoms with E-state index < -0.39 is 0 Å². The van der Waals surface area contributed by atoms with Gasteiger partial charge in [0, 0.05) is 12.7 Å². The van der Waals surface area contributed by atoms with Crippen molar-refractivity contribution >= 4 is 5.69 Å². The van der Waals surface area contributed by atoms with E-state index in [-0.39, 0.29) is 0 Å². The fourth-order valence-electron chi connectivity index (χ4n) is 2.32. The molecule has 4 nitrogen and oxygen atoms in total. The van der Waals surface area contributed by atoms with Gasteiger partial charge < -0.3 is 5.32 Å². The van der Waals surface area contributed by atoms with Gasteiger partial charge in [-0.05, 0) is 23.6 Å². The molecule has 1 heterocycles.